The van der Waals surface area contributed by atoms with Crippen molar-refractivity contribution < 1.29 is 13.9 Å². The first kappa shape index (κ1) is 19.7. The van der Waals surface area contributed by atoms with Crippen LogP contribution in [0, 0.1) is 11.3 Å². The lowest BCUT2D eigenvalue weighted by Crippen LogP contribution is -2.49. The summed E-state index contributed by atoms with van der Waals surface area (Å²) >= 11 is 1.61. The molecule has 1 aliphatic heterocycles. The van der Waals surface area contributed by atoms with Crippen molar-refractivity contribution in [2.45, 2.75) is 0 Å². The monoisotopic (exact) mass is 420 g/mol. The minimum absolute atomic E-state index is 0.0650. The first-order chi connectivity index (χ1) is 14.7. The van der Waals surface area contributed by atoms with Crippen LogP contribution in [0.5, 0.6) is 5.75 Å². The van der Waals surface area contributed by atoms with E-state index in [2.05, 4.69) is 11.1 Å². The van der Waals surface area contributed by atoms with E-state index in [1.54, 1.807) is 41.6 Å². The van der Waals surface area contributed by atoms with Crippen LogP contribution in [0.25, 0.3) is 12.2 Å². The smallest absolute Gasteiger partial charge is 0.257 e. The molecule has 2 aromatic heterocycles. The predicted molar refractivity (Wildman–Crippen MR) is 116 cm³/mol. The van der Waals surface area contributed by atoms with Gasteiger partial charge in [-0.2, -0.15) is 10.2 Å². The molecule has 4 rings (SSSR count). The predicted octanol–water partition coefficient (Wildman–Crippen LogP) is 3.75. The Labute approximate surface area is 178 Å². The van der Waals surface area contributed by atoms with Crippen LogP contribution in [0.3, 0.4) is 0 Å². The Hall–Kier alpha value is -3.57. The maximum absolute atomic E-state index is 12.9. The molecule has 3 aromatic rings. The number of oxazole rings is 1. The summed E-state index contributed by atoms with van der Waals surface area (Å²) in [5.74, 6) is 1.34. The van der Waals surface area contributed by atoms with E-state index in [-0.39, 0.29) is 11.6 Å². The molecule has 0 bridgehead atoms. The van der Waals surface area contributed by atoms with Crippen molar-refractivity contribution in [1.29, 1.82) is 5.26 Å². The van der Waals surface area contributed by atoms with E-state index in [1.165, 1.54) is 0 Å². The topological polar surface area (TPSA) is 82.6 Å². The highest BCUT2D eigenvalue weighted by Gasteiger charge is 2.27. The van der Waals surface area contributed by atoms with E-state index in [0.29, 0.717) is 49.3 Å². The number of ether oxygens (including phenoxy) is 1. The third-order valence-electron chi connectivity index (χ3n) is 4.86. The first-order valence-corrected chi connectivity index (χ1v) is 10.4. The number of hydrogen-bond donors (Lipinski definition) is 0. The number of piperazine rings is 1. The number of hydrogen-bond acceptors (Lipinski definition) is 7. The molecule has 1 amide bonds. The second-order valence-corrected chi connectivity index (χ2v) is 7.63. The van der Waals surface area contributed by atoms with Crippen molar-refractivity contribution >= 4 is 35.3 Å². The second-order valence-electron chi connectivity index (χ2n) is 6.65. The van der Waals surface area contributed by atoms with Crippen LogP contribution in [-0.4, -0.2) is 49.1 Å². The third kappa shape index (κ3) is 4.07. The van der Waals surface area contributed by atoms with E-state index in [1.807, 2.05) is 40.6 Å². The van der Waals surface area contributed by atoms with Crippen molar-refractivity contribution in [3.05, 3.63) is 63.8 Å². The SMILES string of the molecule is COc1ccccc1C(=O)N1CCN(c2oc(/C=C/c3cccs3)nc2C#N)CC1. The number of carbonyl (C=O) groups excluding carboxylic acids is 1. The number of para-hydroxylation sites is 1. The first-order valence-electron chi connectivity index (χ1n) is 9.49. The molecule has 0 N–H and O–H groups in total. The Bertz CT molecular complexity index is 1090. The summed E-state index contributed by atoms with van der Waals surface area (Å²) in [5, 5.41) is 11.5. The number of thiophene rings is 1. The minimum atomic E-state index is -0.0650. The number of aromatic nitrogens is 1. The lowest BCUT2D eigenvalue weighted by molar-refractivity contribution is 0.0742. The maximum atomic E-state index is 12.9. The summed E-state index contributed by atoms with van der Waals surface area (Å²) < 4.78 is 11.2. The number of amides is 1. The van der Waals surface area contributed by atoms with Gasteiger partial charge in [-0.25, -0.2) is 0 Å². The minimum Gasteiger partial charge on any atom is -0.496 e. The van der Waals surface area contributed by atoms with Crippen LogP contribution in [0.15, 0.2) is 46.2 Å². The van der Waals surface area contributed by atoms with Gasteiger partial charge in [-0.15, -0.1) is 11.3 Å². The van der Waals surface area contributed by atoms with Crippen LogP contribution in [0.2, 0.25) is 0 Å². The van der Waals surface area contributed by atoms with Crippen LogP contribution < -0.4 is 9.64 Å². The van der Waals surface area contributed by atoms with Gasteiger partial charge >= 0.3 is 0 Å². The number of rotatable bonds is 5. The molecule has 7 nitrogen and oxygen atoms in total. The van der Waals surface area contributed by atoms with E-state index < -0.39 is 0 Å². The molecule has 0 spiro atoms. The van der Waals surface area contributed by atoms with Gasteiger partial charge in [0.25, 0.3) is 5.91 Å². The average molecular weight is 420 g/mol. The molecule has 1 aromatic carbocycles. The number of carbonyl (C=O) groups is 1. The molecule has 0 radical (unpaired) electrons. The van der Waals surface area contributed by atoms with Crippen LogP contribution in [0.1, 0.15) is 26.8 Å². The molecule has 152 valence electrons. The largest absolute Gasteiger partial charge is 0.496 e. The quantitative estimate of drug-likeness (QED) is 0.625. The van der Waals surface area contributed by atoms with Crippen LogP contribution in [0.4, 0.5) is 5.88 Å². The van der Waals surface area contributed by atoms with E-state index in [9.17, 15) is 10.1 Å². The summed E-state index contributed by atoms with van der Waals surface area (Å²) in [6.07, 6.45) is 3.67. The fourth-order valence-corrected chi connectivity index (χ4v) is 3.95. The highest BCUT2D eigenvalue weighted by molar-refractivity contribution is 7.10. The summed E-state index contributed by atoms with van der Waals surface area (Å²) in [6.45, 7) is 2.14. The fraction of sp³-hybridized carbons (Fsp3) is 0.227. The van der Waals surface area contributed by atoms with Crippen molar-refractivity contribution in [3.8, 4) is 11.8 Å². The molecule has 0 unspecified atom stereocenters. The van der Waals surface area contributed by atoms with E-state index in [4.69, 9.17) is 9.15 Å². The lowest BCUT2D eigenvalue weighted by Gasteiger charge is -2.34. The normalized spacial score (nSPS) is 14.1. The highest BCUT2D eigenvalue weighted by Crippen LogP contribution is 2.26. The standard InChI is InChI=1S/C22H20N4O3S/c1-28-19-7-3-2-6-17(19)21(27)25-10-12-26(13-11-25)22-18(15-23)24-20(29-22)9-8-16-5-4-14-30-16/h2-9,14H,10-13H2,1H3/b9-8+. The molecule has 1 fully saturated rings. The van der Waals surface area contributed by atoms with Gasteiger partial charge in [-0.05, 0) is 29.7 Å². The summed E-state index contributed by atoms with van der Waals surface area (Å²) in [5.41, 5.74) is 0.803. The molecule has 1 aliphatic rings. The van der Waals surface area contributed by atoms with Gasteiger partial charge in [0, 0.05) is 37.1 Å². The highest BCUT2D eigenvalue weighted by atomic mass is 32.1. The van der Waals surface area contributed by atoms with Gasteiger partial charge in [0.2, 0.25) is 17.5 Å². The third-order valence-corrected chi connectivity index (χ3v) is 5.69. The summed E-state index contributed by atoms with van der Waals surface area (Å²) in [6, 6.07) is 13.3. The summed E-state index contributed by atoms with van der Waals surface area (Å²) in [4.78, 5) is 22.0. The van der Waals surface area contributed by atoms with Crippen molar-refractivity contribution in [2.24, 2.45) is 0 Å². The number of nitrogens with zero attached hydrogens (tertiary/aromatic N) is 4. The number of methoxy groups -OCH3 is 1. The van der Waals surface area contributed by atoms with Crippen LogP contribution in [-0.2, 0) is 0 Å². The van der Waals surface area contributed by atoms with E-state index in [0.717, 1.165) is 4.88 Å². The Balaban J connectivity index is 1.45. The van der Waals surface area contributed by atoms with Gasteiger partial charge in [0.05, 0.1) is 12.7 Å². The molecule has 3 heterocycles. The molecule has 0 atom stereocenters. The Morgan fingerprint density at radius 3 is 2.70 bits per heavy atom. The number of benzene rings is 1. The molecular weight excluding hydrogens is 400 g/mol. The molecular formula is C22H20N4O3S. The number of nitriles is 1. The van der Waals surface area contributed by atoms with E-state index >= 15 is 0 Å². The average Bonchev–Trinajstić information content (AvgIpc) is 3.47. The zero-order valence-corrected chi connectivity index (χ0v) is 17.3. The van der Waals surface area contributed by atoms with Crippen molar-refractivity contribution in [2.75, 3.05) is 38.2 Å². The van der Waals surface area contributed by atoms with Gasteiger partial charge < -0.3 is 19.0 Å². The van der Waals surface area contributed by atoms with Crippen molar-refractivity contribution in [1.82, 2.24) is 9.88 Å². The Morgan fingerprint density at radius 1 is 1.20 bits per heavy atom. The maximum Gasteiger partial charge on any atom is 0.257 e. The second kappa shape index (κ2) is 8.84. The zero-order chi connectivity index (χ0) is 20.9. The lowest BCUT2D eigenvalue weighted by atomic mass is 10.1. The van der Waals surface area contributed by atoms with Gasteiger partial charge in [0.15, 0.2) is 0 Å². The molecule has 0 saturated carbocycles. The molecule has 8 heteroatoms. The fourth-order valence-electron chi connectivity index (χ4n) is 3.33. The summed E-state index contributed by atoms with van der Waals surface area (Å²) in [7, 11) is 1.56. The van der Waals surface area contributed by atoms with Crippen molar-refractivity contribution in [3.63, 3.8) is 0 Å². The molecule has 1 saturated heterocycles. The Morgan fingerprint density at radius 2 is 2.00 bits per heavy atom. The molecule has 30 heavy (non-hydrogen) atoms. The van der Waals surface area contributed by atoms with Crippen LogP contribution >= 0.6 is 11.3 Å². The van der Waals surface area contributed by atoms with Gasteiger partial charge in [-0.1, -0.05) is 18.2 Å². The van der Waals surface area contributed by atoms with Gasteiger partial charge in [-0.3, -0.25) is 4.79 Å². The Kier molecular flexibility index (Phi) is 5.82. The zero-order valence-electron chi connectivity index (χ0n) is 16.4. The number of anilines is 1. The van der Waals surface area contributed by atoms with Gasteiger partial charge in [0.1, 0.15) is 11.8 Å². The molecule has 0 aliphatic carbocycles.